The second-order valence-corrected chi connectivity index (χ2v) is 5.00. The molecule has 17 heavy (non-hydrogen) atoms. The molecule has 2 rings (SSSR count). The highest BCUT2D eigenvalue weighted by Crippen LogP contribution is 2.36. The first-order valence-corrected chi connectivity index (χ1v) is 6.61. The summed E-state index contributed by atoms with van der Waals surface area (Å²) in [5.74, 6) is 0. The summed E-state index contributed by atoms with van der Waals surface area (Å²) in [6.07, 6.45) is 8.47. The maximum Gasteiger partial charge on any atom is 0.0912 e. The van der Waals surface area contributed by atoms with Gasteiger partial charge in [0.2, 0.25) is 0 Å². The smallest absolute Gasteiger partial charge is 0.0912 e. The van der Waals surface area contributed by atoms with E-state index in [0.29, 0.717) is 6.04 Å². The molecule has 1 aromatic rings. The minimum Gasteiger partial charge on any atom is -0.385 e. The van der Waals surface area contributed by atoms with Crippen LogP contribution in [0.4, 0.5) is 0 Å². The van der Waals surface area contributed by atoms with E-state index < -0.39 is 5.60 Å². The van der Waals surface area contributed by atoms with Gasteiger partial charge in [-0.25, -0.2) is 0 Å². The SMILES string of the molecule is CCCNC1CCC(O)(c2cccnc2)CC1. The molecule has 1 aromatic heterocycles. The summed E-state index contributed by atoms with van der Waals surface area (Å²) in [5.41, 5.74) is 0.313. The molecule has 1 aliphatic carbocycles. The van der Waals surface area contributed by atoms with Gasteiger partial charge in [0.15, 0.2) is 0 Å². The Bertz CT molecular complexity index is 331. The zero-order chi connectivity index (χ0) is 12.1. The molecule has 1 aliphatic rings. The van der Waals surface area contributed by atoms with Crippen molar-refractivity contribution in [1.82, 2.24) is 10.3 Å². The lowest BCUT2D eigenvalue weighted by Crippen LogP contribution is -2.40. The maximum absolute atomic E-state index is 10.6. The Kier molecular flexibility index (Phi) is 4.13. The van der Waals surface area contributed by atoms with Gasteiger partial charge in [-0.3, -0.25) is 4.98 Å². The molecule has 1 fully saturated rings. The summed E-state index contributed by atoms with van der Waals surface area (Å²) in [4.78, 5) is 4.10. The van der Waals surface area contributed by atoms with Gasteiger partial charge in [-0.15, -0.1) is 0 Å². The lowest BCUT2D eigenvalue weighted by Gasteiger charge is -2.36. The van der Waals surface area contributed by atoms with Gasteiger partial charge >= 0.3 is 0 Å². The average Bonchev–Trinajstić information content (AvgIpc) is 2.39. The molecule has 1 saturated carbocycles. The van der Waals surface area contributed by atoms with Crippen LogP contribution in [0, 0.1) is 0 Å². The normalized spacial score (nSPS) is 29.2. The number of aliphatic hydroxyl groups is 1. The second-order valence-electron chi connectivity index (χ2n) is 5.00. The predicted octanol–water partition coefficient (Wildman–Crippen LogP) is 2.21. The van der Waals surface area contributed by atoms with Gasteiger partial charge in [-0.1, -0.05) is 13.0 Å². The molecule has 0 bridgehead atoms. The molecule has 3 heteroatoms. The summed E-state index contributed by atoms with van der Waals surface area (Å²) in [5, 5.41) is 14.2. The van der Waals surface area contributed by atoms with Crippen LogP contribution in [0.3, 0.4) is 0 Å². The van der Waals surface area contributed by atoms with Crippen molar-refractivity contribution >= 4 is 0 Å². The van der Waals surface area contributed by atoms with Crippen LogP contribution in [0.5, 0.6) is 0 Å². The molecule has 0 amide bonds. The van der Waals surface area contributed by atoms with E-state index in [4.69, 9.17) is 0 Å². The third-order valence-electron chi connectivity index (χ3n) is 3.69. The summed E-state index contributed by atoms with van der Waals surface area (Å²) >= 11 is 0. The molecular weight excluding hydrogens is 212 g/mol. The number of nitrogens with zero attached hydrogens (tertiary/aromatic N) is 1. The molecule has 0 unspecified atom stereocenters. The Morgan fingerprint density at radius 3 is 2.82 bits per heavy atom. The topological polar surface area (TPSA) is 45.1 Å². The Morgan fingerprint density at radius 1 is 1.47 bits per heavy atom. The summed E-state index contributed by atoms with van der Waals surface area (Å²) in [6.45, 7) is 3.26. The van der Waals surface area contributed by atoms with Gasteiger partial charge in [-0.2, -0.15) is 0 Å². The van der Waals surface area contributed by atoms with Crippen molar-refractivity contribution in [3.05, 3.63) is 30.1 Å². The molecule has 0 spiro atoms. The van der Waals surface area contributed by atoms with Gasteiger partial charge in [-0.05, 0) is 44.7 Å². The van der Waals surface area contributed by atoms with Gasteiger partial charge in [0.1, 0.15) is 0 Å². The highest BCUT2D eigenvalue weighted by Gasteiger charge is 2.34. The monoisotopic (exact) mass is 234 g/mol. The van der Waals surface area contributed by atoms with Crippen molar-refractivity contribution in [2.24, 2.45) is 0 Å². The van der Waals surface area contributed by atoms with Crippen LogP contribution in [0.1, 0.15) is 44.6 Å². The van der Waals surface area contributed by atoms with E-state index in [2.05, 4.69) is 17.2 Å². The summed E-state index contributed by atoms with van der Waals surface area (Å²) in [6, 6.07) is 4.45. The fourth-order valence-electron chi connectivity index (χ4n) is 2.57. The lowest BCUT2D eigenvalue weighted by atomic mass is 9.78. The Morgan fingerprint density at radius 2 is 2.24 bits per heavy atom. The van der Waals surface area contributed by atoms with Crippen LogP contribution in [-0.4, -0.2) is 22.7 Å². The number of hydrogen-bond donors (Lipinski definition) is 2. The number of pyridine rings is 1. The largest absolute Gasteiger partial charge is 0.385 e. The first-order valence-electron chi connectivity index (χ1n) is 6.61. The number of nitrogens with one attached hydrogen (secondary N) is 1. The van der Waals surface area contributed by atoms with Crippen LogP contribution < -0.4 is 5.32 Å². The second kappa shape index (κ2) is 5.61. The van der Waals surface area contributed by atoms with Crippen LogP contribution in [-0.2, 0) is 5.60 Å². The van der Waals surface area contributed by atoms with Crippen molar-refractivity contribution in [2.75, 3.05) is 6.54 Å². The molecule has 3 nitrogen and oxygen atoms in total. The zero-order valence-electron chi connectivity index (χ0n) is 10.5. The van der Waals surface area contributed by atoms with E-state index >= 15 is 0 Å². The van der Waals surface area contributed by atoms with Crippen molar-refractivity contribution in [3.63, 3.8) is 0 Å². The van der Waals surface area contributed by atoms with E-state index in [0.717, 1.165) is 37.8 Å². The van der Waals surface area contributed by atoms with Crippen molar-refractivity contribution in [3.8, 4) is 0 Å². The molecule has 0 aliphatic heterocycles. The van der Waals surface area contributed by atoms with Crippen LogP contribution >= 0.6 is 0 Å². The Hall–Kier alpha value is -0.930. The van der Waals surface area contributed by atoms with Gasteiger partial charge in [0.25, 0.3) is 0 Å². The zero-order valence-corrected chi connectivity index (χ0v) is 10.5. The third-order valence-corrected chi connectivity index (χ3v) is 3.69. The van der Waals surface area contributed by atoms with E-state index in [-0.39, 0.29) is 0 Å². The Labute approximate surface area is 103 Å². The minimum atomic E-state index is -0.654. The van der Waals surface area contributed by atoms with E-state index in [1.54, 1.807) is 12.4 Å². The average molecular weight is 234 g/mol. The van der Waals surface area contributed by atoms with Gasteiger partial charge < -0.3 is 10.4 Å². The fraction of sp³-hybridized carbons (Fsp3) is 0.643. The van der Waals surface area contributed by atoms with Crippen LogP contribution in [0.25, 0.3) is 0 Å². The minimum absolute atomic E-state index is 0.576. The molecule has 0 radical (unpaired) electrons. The van der Waals surface area contributed by atoms with E-state index in [1.807, 2.05) is 12.1 Å². The van der Waals surface area contributed by atoms with Crippen molar-refractivity contribution in [2.45, 2.75) is 50.7 Å². The first-order chi connectivity index (χ1) is 8.24. The third kappa shape index (κ3) is 3.05. The lowest BCUT2D eigenvalue weighted by molar-refractivity contribution is -0.00855. The van der Waals surface area contributed by atoms with Gasteiger partial charge in [0, 0.05) is 24.0 Å². The molecule has 2 N–H and O–H groups in total. The summed E-state index contributed by atoms with van der Waals surface area (Å²) in [7, 11) is 0. The molecule has 94 valence electrons. The van der Waals surface area contributed by atoms with E-state index in [9.17, 15) is 5.11 Å². The standard InChI is InChI=1S/C14H22N2O/c1-2-9-16-13-5-7-14(17,8-6-13)12-4-3-10-15-11-12/h3-4,10-11,13,16-17H,2,5-9H2,1H3. The highest BCUT2D eigenvalue weighted by atomic mass is 16.3. The Balaban J connectivity index is 1.93. The summed E-state index contributed by atoms with van der Waals surface area (Å²) < 4.78 is 0. The van der Waals surface area contributed by atoms with Crippen molar-refractivity contribution < 1.29 is 5.11 Å². The number of aromatic nitrogens is 1. The highest BCUT2D eigenvalue weighted by molar-refractivity contribution is 5.18. The van der Waals surface area contributed by atoms with Crippen molar-refractivity contribution in [1.29, 1.82) is 0 Å². The maximum atomic E-state index is 10.6. The molecule has 0 aromatic carbocycles. The number of rotatable bonds is 4. The molecule has 0 atom stereocenters. The number of hydrogen-bond acceptors (Lipinski definition) is 3. The first kappa shape index (κ1) is 12.5. The molecular formula is C14H22N2O. The molecule has 1 heterocycles. The molecule has 0 saturated heterocycles. The van der Waals surface area contributed by atoms with E-state index in [1.165, 1.54) is 6.42 Å². The predicted molar refractivity (Wildman–Crippen MR) is 68.7 cm³/mol. The van der Waals surface area contributed by atoms with Crippen LogP contribution in [0.2, 0.25) is 0 Å². The van der Waals surface area contributed by atoms with Crippen LogP contribution in [0.15, 0.2) is 24.5 Å². The fourth-order valence-corrected chi connectivity index (χ4v) is 2.57. The quantitative estimate of drug-likeness (QED) is 0.839. The van der Waals surface area contributed by atoms with Gasteiger partial charge in [0.05, 0.1) is 5.60 Å².